The third-order valence-corrected chi connectivity index (χ3v) is 2.83. The molecule has 0 atom stereocenters. The third-order valence-electron chi connectivity index (χ3n) is 0.577. The molecule has 0 spiro atoms. The fourth-order valence-corrected chi connectivity index (χ4v) is 1.99. The van der Waals surface area contributed by atoms with E-state index >= 15 is 0 Å². The van der Waals surface area contributed by atoms with Crippen molar-refractivity contribution in [3.05, 3.63) is 11.5 Å². The summed E-state index contributed by atoms with van der Waals surface area (Å²) in [6, 6.07) is 0. The molecule has 0 radical (unpaired) electrons. The molecule has 0 aromatic rings. The van der Waals surface area contributed by atoms with E-state index in [1.54, 1.807) is 16.9 Å². The molecule has 0 aromatic heterocycles. The maximum atomic E-state index is 5.41. The van der Waals surface area contributed by atoms with Gasteiger partial charge in [-0.05, 0) is 22.3 Å². The smallest absolute Gasteiger partial charge is 0.142 e. The largest absolute Gasteiger partial charge is 0.301 e. The van der Waals surface area contributed by atoms with Crippen molar-refractivity contribution < 1.29 is 0 Å². The van der Waals surface area contributed by atoms with Gasteiger partial charge in [0.25, 0.3) is 0 Å². The summed E-state index contributed by atoms with van der Waals surface area (Å²) in [5, 5.41) is 1.89. The highest BCUT2D eigenvalue weighted by molar-refractivity contribution is 8.78. The topological polar surface area (TPSA) is 52.0 Å². The Hall–Kier alpha value is 0.360. The quantitative estimate of drug-likeness (QED) is 0.373. The van der Waals surface area contributed by atoms with Crippen molar-refractivity contribution in [2.45, 2.75) is 4.99 Å². The summed E-state index contributed by atoms with van der Waals surface area (Å²) in [6.45, 7) is 0. The van der Waals surface area contributed by atoms with Crippen molar-refractivity contribution in [2.24, 2.45) is 11.5 Å². The van der Waals surface area contributed by atoms with Crippen LogP contribution in [0.5, 0.6) is 0 Å². The van der Waals surface area contributed by atoms with E-state index in [9.17, 15) is 0 Å². The van der Waals surface area contributed by atoms with Crippen LogP contribution in [0.3, 0.4) is 0 Å². The lowest BCUT2D eigenvalue weighted by Gasteiger charge is -2.10. The zero-order chi connectivity index (χ0) is 5.33. The predicted molar refractivity (Wildman–Crippen MR) is 35.4 cm³/mol. The van der Waals surface area contributed by atoms with E-state index in [-0.39, 0.29) is 0 Å². The standard InChI is InChI=1S/C3H6N2S2/c4-3(5)1-2-6-7-3/h1-2H,4-5H2. The van der Waals surface area contributed by atoms with Crippen molar-refractivity contribution in [2.75, 3.05) is 0 Å². The lowest BCUT2D eigenvalue weighted by molar-refractivity contribution is 0.811. The lowest BCUT2D eigenvalue weighted by atomic mass is 10.5. The maximum Gasteiger partial charge on any atom is 0.142 e. The van der Waals surface area contributed by atoms with Gasteiger partial charge >= 0.3 is 0 Å². The van der Waals surface area contributed by atoms with Crippen LogP contribution in [0, 0.1) is 0 Å². The lowest BCUT2D eigenvalue weighted by Crippen LogP contribution is -2.41. The SMILES string of the molecule is NC1(N)C=CSS1. The molecule has 0 saturated heterocycles. The molecule has 0 saturated carbocycles. The zero-order valence-electron chi connectivity index (χ0n) is 3.63. The molecule has 0 unspecified atom stereocenters. The number of hydrogen-bond donors (Lipinski definition) is 2. The van der Waals surface area contributed by atoms with Crippen LogP contribution in [0.1, 0.15) is 0 Å². The molecule has 7 heavy (non-hydrogen) atoms. The first-order valence-corrected chi connectivity index (χ1v) is 4.02. The van der Waals surface area contributed by atoms with E-state index < -0.39 is 4.99 Å². The van der Waals surface area contributed by atoms with Gasteiger partial charge in [-0.2, -0.15) is 0 Å². The number of nitrogens with two attached hydrogens (primary N) is 2. The van der Waals surface area contributed by atoms with Crippen LogP contribution in [0.15, 0.2) is 11.5 Å². The Bertz CT molecular complexity index is 99.1. The van der Waals surface area contributed by atoms with Crippen LogP contribution in [-0.4, -0.2) is 4.99 Å². The van der Waals surface area contributed by atoms with Crippen LogP contribution < -0.4 is 11.5 Å². The molecule has 0 fully saturated rings. The number of rotatable bonds is 0. The average molecular weight is 134 g/mol. The van der Waals surface area contributed by atoms with Gasteiger partial charge in [0.15, 0.2) is 0 Å². The Morgan fingerprint density at radius 2 is 2.14 bits per heavy atom. The Labute approximate surface area is 50.1 Å². The van der Waals surface area contributed by atoms with Crippen molar-refractivity contribution in [3.63, 3.8) is 0 Å². The Balaban J connectivity index is 2.57. The van der Waals surface area contributed by atoms with Crippen molar-refractivity contribution in [1.82, 2.24) is 0 Å². The first-order valence-electron chi connectivity index (χ1n) is 1.81. The van der Waals surface area contributed by atoms with E-state index in [2.05, 4.69) is 0 Å². The minimum absolute atomic E-state index is 0.606. The summed E-state index contributed by atoms with van der Waals surface area (Å²) in [5.74, 6) is 0. The molecule has 0 aliphatic carbocycles. The van der Waals surface area contributed by atoms with Crippen LogP contribution in [-0.2, 0) is 0 Å². The zero-order valence-corrected chi connectivity index (χ0v) is 5.26. The van der Waals surface area contributed by atoms with E-state index in [4.69, 9.17) is 11.5 Å². The second-order valence-electron chi connectivity index (χ2n) is 1.34. The van der Waals surface area contributed by atoms with E-state index in [0.717, 1.165) is 0 Å². The Morgan fingerprint density at radius 1 is 1.43 bits per heavy atom. The first-order chi connectivity index (χ1) is 3.21. The first kappa shape index (κ1) is 5.50. The van der Waals surface area contributed by atoms with Gasteiger partial charge in [-0.1, -0.05) is 10.8 Å². The van der Waals surface area contributed by atoms with Gasteiger partial charge in [0.05, 0.1) is 0 Å². The van der Waals surface area contributed by atoms with Crippen molar-refractivity contribution in [3.8, 4) is 0 Å². The van der Waals surface area contributed by atoms with E-state index in [1.807, 2.05) is 5.41 Å². The molecule has 2 nitrogen and oxygen atoms in total. The minimum atomic E-state index is -0.606. The minimum Gasteiger partial charge on any atom is -0.301 e. The van der Waals surface area contributed by atoms with Gasteiger partial charge < -0.3 is 11.5 Å². The molecule has 1 aliphatic heterocycles. The maximum absolute atomic E-state index is 5.41. The molecule has 1 heterocycles. The van der Waals surface area contributed by atoms with Crippen LogP contribution in [0.4, 0.5) is 0 Å². The molecule has 4 N–H and O–H groups in total. The van der Waals surface area contributed by atoms with Gasteiger partial charge in [-0.3, -0.25) is 0 Å². The molecule has 1 rings (SSSR count). The van der Waals surface area contributed by atoms with Gasteiger partial charge in [0.1, 0.15) is 4.99 Å². The molecule has 0 aromatic carbocycles. The molecule has 4 heteroatoms. The van der Waals surface area contributed by atoms with Gasteiger partial charge in [0, 0.05) is 0 Å². The normalized spacial score (nSPS) is 26.0. The second-order valence-corrected chi connectivity index (χ2v) is 3.75. The summed E-state index contributed by atoms with van der Waals surface area (Å²) in [7, 11) is 3.03. The van der Waals surface area contributed by atoms with Crippen LogP contribution in [0.2, 0.25) is 0 Å². The summed E-state index contributed by atoms with van der Waals surface area (Å²) in [6.07, 6.45) is 1.78. The second kappa shape index (κ2) is 1.70. The number of hydrogen-bond acceptors (Lipinski definition) is 4. The summed E-state index contributed by atoms with van der Waals surface area (Å²) in [5.41, 5.74) is 10.8. The molecular weight excluding hydrogens is 128 g/mol. The molecule has 40 valence electrons. The summed E-state index contributed by atoms with van der Waals surface area (Å²) >= 11 is 0. The van der Waals surface area contributed by atoms with Crippen LogP contribution >= 0.6 is 21.6 Å². The monoisotopic (exact) mass is 134 g/mol. The molecular formula is C3H6N2S2. The van der Waals surface area contributed by atoms with Crippen molar-refractivity contribution >= 4 is 21.6 Å². The fraction of sp³-hybridized carbons (Fsp3) is 0.333. The molecule has 1 aliphatic rings. The summed E-state index contributed by atoms with van der Waals surface area (Å²) in [4.78, 5) is -0.606. The van der Waals surface area contributed by atoms with Gasteiger partial charge in [-0.15, -0.1) is 0 Å². The van der Waals surface area contributed by atoms with E-state index in [1.165, 1.54) is 10.8 Å². The van der Waals surface area contributed by atoms with Gasteiger partial charge in [-0.25, -0.2) is 0 Å². The average Bonchev–Trinajstić information content (AvgIpc) is 1.84. The molecule has 0 bridgehead atoms. The Morgan fingerprint density at radius 3 is 2.29 bits per heavy atom. The summed E-state index contributed by atoms with van der Waals surface area (Å²) < 4.78 is 0. The van der Waals surface area contributed by atoms with Gasteiger partial charge in [0.2, 0.25) is 0 Å². The molecule has 0 amide bonds. The Kier molecular flexibility index (Phi) is 1.34. The highest BCUT2D eigenvalue weighted by atomic mass is 33.1. The predicted octanol–water partition coefficient (Wildman–Crippen LogP) is 0.466. The van der Waals surface area contributed by atoms with Crippen molar-refractivity contribution in [1.29, 1.82) is 0 Å². The van der Waals surface area contributed by atoms with Crippen LogP contribution in [0.25, 0.3) is 0 Å². The fourth-order valence-electron chi connectivity index (χ4n) is 0.273. The van der Waals surface area contributed by atoms with E-state index in [0.29, 0.717) is 0 Å². The highest BCUT2D eigenvalue weighted by Gasteiger charge is 2.19. The highest BCUT2D eigenvalue weighted by Crippen LogP contribution is 2.36. The third kappa shape index (κ3) is 1.38.